The lowest BCUT2D eigenvalue weighted by atomic mass is 9.48. The maximum atomic E-state index is 13.3. The molecule has 4 bridgehead atoms. The van der Waals surface area contributed by atoms with E-state index < -0.39 is 23.7 Å². The fraction of sp³-hybridized carbons (Fsp3) is 0.556. The summed E-state index contributed by atoms with van der Waals surface area (Å²) in [5, 5.41) is 11.0. The van der Waals surface area contributed by atoms with Crippen LogP contribution in [-0.2, 0) is 9.53 Å². The number of aryl methyl sites for hydroxylation is 1. The predicted octanol–water partition coefficient (Wildman–Crippen LogP) is 5.14. The molecule has 3 atom stereocenters. The lowest BCUT2D eigenvalue weighted by molar-refractivity contribution is -0.197. The molecule has 4 saturated carbocycles. The molecule has 2 aromatic rings. The number of rotatable bonds is 7. The number of hydrogen-bond donors (Lipinski definition) is 1. The summed E-state index contributed by atoms with van der Waals surface area (Å²) >= 11 is 0. The number of aliphatic hydroxyl groups is 1. The zero-order chi connectivity index (χ0) is 25.1. The van der Waals surface area contributed by atoms with Gasteiger partial charge in [0.05, 0.1) is 11.0 Å². The highest BCUT2D eigenvalue weighted by molar-refractivity contribution is 6.01. The summed E-state index contributed by atoms with van der Waals surface area (Å²) in [6.45, 7) is 2.34. The number of carbonyl (C=O) groups excluding carboxylic acids is 2. The molecule has 6 nitrogen and oxygen atoms in total. The number of aromatic nitrogens is 1. The molecule has 35 heavy (non-hydrogen) atoms. The van der Waals surface area contributed by atoms with Gasteiger partial charge >= 0.3 is 12.6 Å². The van der Waals surface area contributed by atoms with Crippen LogP contribution < -0.4 is 4.74 Å². The molecule has 0 radical (unpaired) electrons. The zero-order valence-electron chi connectivity index (χ0n) is 20.2. The molecule has 1 aromatic heterocycles. The third-order valence-corrected chi connectivity index (χ3v) is 8.13. The maximum absolute atomic E-state index is 13.3. The van der Waals surface area contributed by atoms with Crippen LogP contribution in [0.1, 0.15) is 67.2 Å². The number of carbonyl (C=O) groups is 2. The van der Waals surface area contributed by atoms with Crippen molar-refractivity contribution >= 4 is 11.8 Å². The Morgan fingerprint density at radius 1 is 1.09 bits per heavy atom. The molecule has 0 spiro atoms. The highest BCUT2D eigenvalue weighted by Gasteiger charge is 2.61. The SMILES string of the molecule is Cc1cc(C(=O)C(C)OC(=O)C23CC4CC(CC(O)(C4)C2)C3)c(C)n1-c1ccc(OC(F)F)cc1. The Kier molecular flexibility index (Phi) is 5.78. The van der Waals surface area contributed by atoms with E-state index in [4.69, 9.17) is 4.74 Å². The van der Waals surface area contributed by atoms with Crippen LogP contribution in [0.5, 0.6) is 5.75 Å². The van der Waals surface area contributed by atoms with Gasteiger partial charge in [0.25, 0.3) is 0 Å². The fourth-order valence-electron chi connectivity index (χ4n) is 7.20. The molecular weight excluding hydrogens is 456 g/mol. The van der Waals surface area contributed by atoms with E-state index in [-0.39, 0.29) is 17.5 Å². The van der Waals surface area contributed by atoms with Crippen molar-refractivity contribution in [3.05, 3.63) is 47.3 Å². The minimum absolute atomic E-state index is 0.0531. The Bertz CT molecular complexity index is 1140. The number of nitrogens with zero attached hydrogens (tertiary/aromatic N) is 1. The molecule has 188 valence electrons. The third kappa shape index (κ3) is 4.26. The highest BCUT2D eigenvalue weighted by atomic mass is 19.3. The number of halogens is 2. The van der Waals surface area contributed by atoms with Gasteiger partial charge in [-0.2, -0.15) is 8.78 Å². The van der Waals surface area contributed by atoms with Crippen molar-refractivity contribution in [3.8, 4) is 11.4 Å². The second-order valence-electron chi connectivity index (χ2n) is 10.9. The van der Waals surface area contributed by atoms with E-state index in [1.54, 1.807) is 32.0 Å². The Balaban J connectivity index is 1.32. The van der Waals surface area contributed by atoms with Crippen LogP contribution in [0.3, 0.4) is 0 Å². The molecule has 1 N–H and O–H groups in total. The normalized spacial score (nSPS) is 29.9. The van der Waals surface area contributed by atoms with Gasteiger partial charge in [-0.05, 0) is 101 Å². The van der Waals surface area contributed by atoms with Crippen molar-refractivity contribution in [1.29, 1.82) is 0 Å². The number of ketones is 1. The lowest BCUT2D eigenvalue weighted by Crippen LogP contribution is -2.58. The molecule has 0 saturated heterocycles. The third-order valence-electron chi connectivity index (χ3n) is 8.13. The minimum atomic E-state index is -2.90. The molecule has 4 aliphatic carbocycles. The van der Waals surface area contributed by atoms with Gasteiger partial charge in [0.1, 0.15) is 5.75 Å². The number of esters is 1. The standard InChI is InChI=1S/C27H31F2NO5/c1-15-8-22(16(2)30(15)20-4-6-21(7-5-20)35-25(28)29)23(31)17(3)34-24(32)26-10-18-9-19(11-26)13-27(33,12-18)14-26/h4-8,17-19,25,33H,9-14H2,1-3H3. The summed E-state index contributed by atoms with van der Waals surface area (Å²) in [6.07, 6.45) is 3.50. The largest absolute Gasteiger partial charge is 0.454 e. The smallest absolute Gasteiger partial charge is 0.387 e. The van der Waals surface area contributed by atoms with Crippen LogP contribution in [-0.4, -0.2) is 39.7 Å². The maximum Gasteiger partial charge on any atom is 0.387 e. The van der Waals surface area contributed by atoms with Crippen molar-refractivity contribution in [1.82, 2.24) is 4.57 Å². The molecule has 6 rings (SSSR count). The Labute approximate surface area is 203 Å². The van der Waals surface area contributed by atoms with Crippen LogP contribution in [0.2, 0.25) is 0 Å². The average molecular weight is 488 g/mol. The van der Waals surface area contributed by atoms with E-state index in [1.807, 2.05) is 11.5 Å². The van der Waals surface area contributed by atoms with Gasteiger partial charge in [0.2, 0.25) is 5.78 Å². The van der Waals surface area contributed by atoms with Crippen LogP contribution in [0.25, 0.3) is 5.69 Å². The number of hydrogen-bond acceptors (Lipinski definition) is 5. The molecule has 3 unspecified atom stereocenters. The predicted molar refractivity (Wildman–Crippen MR) is 124 cm³/mol. The van der Waals surface area contributed by atoms with Crippen molar-refractivity contribution in [2.45, 2.75) is 77.6 Å². The van der Waals surface area contributed by atoms with E-state index in [1.165, 1.54) is 12.1 Å². The van der Waals surface area contributed by atoms with Gasteiger partial charge in [-0.15, -0.1) is 0 Å². The first-order valence-electron chi connectivity index (χ1n) is 12.2. The Hall–Kier alpha value is -2.74. The summed E-state index contributed by atoms with van der Waals surface area (Å²) < 4.78 is 36.9. The Morgan fingerprint density at radius 3 is 2.29 bits per heavy atom. The minimum Gasteiger partial charge on any atom is -0.454 e. The molecule has 8 heteroatoms. The van der Waals surface area contributed by atoms with E-state index >= 15 is 0 Å². The van der Waals surface area contributed by atoms with Gasteiger partial charge < -0.3 is 19.1 Å². The second-order valence-corrected chi connectivity index (χ2v) is 10.9. The number of ether oxygens (including phenoxy) is 2. The molecule has 4 fully saturated rings. The molecular formula is C27H31F2NO5. The van der Waals surface area contributed by atoms with Crippen LogP contribution in [0.15, 0.2) is 30.3 Å². The number of Topliss-reactive ketones (excluding diaryl/α,β-unsaturated/α-hetero) is 1. The highest BCUT2D eigenvalue weighted by Crippen LogP contribution is 2.62. The second kappa shape index (κ2) is 8.43. The topological polar surface area (TPSA) is 77.8 Å². The Morgan fingerprint density at radius 2 is 1.71 bits per heavy atom. The van der Waals surface area contributed by atoms with Crippen molar-refractivity contribution in [2.75, 3.05) is 0 Å². The monoisotopic (exact) mass is 487 g/mol. The average Bonchev–Trinajstić information content (AvgIpc) is 3.05. The summed E-state index contributed by atoms with van der Waals surface area (Å²) in [4.78, 5) is 26.6. The van der Waals surface area contributed by atoms with Crippen molar-refractivity contribution in [2.24, 2.45) is 17.3 Å². The fourth-order valence-corrected chi connectivity index (χ4v) is 7.20. The van der Waals surface area contributed by atoms with Gasteiger partial charge in [0, 0.05) is 22.6 Å². The quantitative estimate of drug-likeness (QED) is 0.432. The van der Waals surface area contributed by atoms with Crippen molar-refractivity contribution < 1.29 is 33.0 Å². The first kappa shape index (κ1) is 24.0. The van der Waals surface area contributed by atoms with Gasteiger partial charge in [-0.25, -0.2) is 0 Å². The first-order valence-corrected chi connectivity index (χ1v) is 12.2. The van der Waals surface area contributed by atoms with Crippen LogP contribution in [0, 0.1) is 31.1 Å². The molecule has 1 heterocycles. The molecule has 0 aliphatic heterocycles. The van der Waals surface area contributed by atoms with Crippen LogP contribution in [0.4, 0.5) is 8.78 Å². The summed E-state index contributed by atoms with van der Waals surface area (Å²) in [5.41, 5.74) is 1.13. The molecule has 4 aliphatic rings. The number of alkyl halides is 2. The lowest BCUT2D eigenvalue weighted by Gasteiger charge is -2.58. The number of benzene rings is 1. The summed E-state index contributed by atoms with van der Waals surface area (Å²) in [6, 6.07) is 7.94. The van der Waals surface area contributed by atoms with Gasteiger partial charge in [0.15, 0.2) is 6.10 Å². The van der Waals surface area contributed by atoms with Gasteiger partial charge in [-0.1, -0.05) is 0 Å². The molecule has 0 amide bonds. The summed E-state index contributed by atoms with van der Waals surface area (Å²) in [5.74, 6) is 0.0814. The molecule has 1 aromatic carbocycles. The van der Waals surface area contributed by atoms with Crippen molar-refractivity contribution in [3.63, 3.8) is 0 Å². The van der Waals surface area contributed by atoms with E-state index in [0.717, 1.165) is 37.8 Å². The van der Waals surface area contributed by atoms with Gasteiger partial charge in [-0.3, -0.25) is 9.59 Å². The summed E-state index contributed by atoms with van der Waals surface area (Å²) in [7, 11) is 0. The van der Waals surface area contributed by atoms with Crippen LogP contribution >= 0.6 is 0 Å². The van der Waals surface area contributed by atoms with E-state index in [0.29, 0.717) is 35.2 Å². The van der Waals surface area contributed by atoms with E-state index in [2.05, 4.69) is 4.74 Å². The first-order chi connectivity index (χ1) is 16.5. The zero-order valence-corrected chi connectivity index (χ0v) is 20.2. The van der Waals surface area contributed by atoms with E-state index in [9.17, 15) is 23.5 Å².